The van der Waals surface area contributed by atoms with Gasteiger partial charge in [0.05, 0.1) is 28.9 Å². The molecule has 1 aromatic heterocycles. The Bertz CT molecular complexity index is 1260. The minimum atomic E-state index is -0.110. The fourth-order valence-corrected chi connectivity index (χ4v) is 4.46. The summed E-state index contributed by atoms with van der Waals surface area (Å²) in [5.74, 6) is 0.518. The van der Waals surface area contributed by atoms with Gasteiger partial charge in [-0.3, -0.25) is 4.79 Å². The van der Waals surface area contributed by atoms with Crippen molar-refractivity contribution in [1.82, 2.24) is 15.5 Å². The summed E-state index contributed by atoms with van der Waals surface area (Å²) in [5.41, 5.74) is 4.67. The molecule has 1 aliphatic rings. The molecule has 0 radical (unpaired) electrons. The fraction of sp³-hybridized carbons (Fsp3) is 0.385. The van der Waals surface area contributed by atoms with Crippen LogP contribution < -0.4 is 16.0 Å². The highest BCUT2D eigenvalue weighted by atomic mass is 16.5. The molecule has 34 heavy (non-hydrogen) atoms. The van der Waals surface area contributed by atoms with E-state index >= 15 is 0 Å². The van der Waals surface area contributed by atoms with Gasteiger partial charge in [-0.25, -0.2) is 0 Å². The number of fused-ring (bicyclic) bond motifs is 1. The molecule has 1 saturated heterocycles. The van der Waals surface area contributed by atoms with Crippen LogP contribution in [0.4, 0.5) is 11.5 Å². The van der Waals surface area contributed by atoms with Gasteiger partial charge < -0.3 is 20.7 Å². The zero-order chi connectivity index (χ0) is 24.2. The first-order valence-corrected chi connectivity index (χ1v) is 11.6. The van der Waals surface area contributed by atoms with Crippen molar-refractivity contribution in [3.05, 3.63) is 58.3 Å². The van der Waals surface area contributed by atoms with E-state index < -0.39 is 0 Å². The summed E-state index contributed by atoms with van der Waals surface area (Å²) in [7, 11) is 1.81. The Labute approximate surface area is 199 Å². The molecule has 0 spiro atoms. The molecule has 0 saturated carbocycles. The highest BCUT2D eigenvalue weighted by molar-refractivity contribution is 6.06. The molecule has 0 aliphatic carbocycles. The van der Waals surface area contributed by atoms with Gasteiger partial charge in [0.1, 0.15) is 0 Å². The summed E-state index contributed by atoms with van der Waals surface area (Å²) >= 11 is 0. The number of benzene rings is 2. The van der Waals surface area contributed by atoms with Crippen molar-refractivity contribution in [1.29, 1.82) is 5.26 Å². The van der Waals surface area contributed by atoms with E-state index in [4.69, 9.17) is 4.74 Å². The molecular weight excluding hydrogens is 428 g/mol. The minimum absolute atomic E-state index is 0.0944. The van der Waals surface area contributed by atoms with Crippen LogP contribution in [0.3, 0.4) is 0 Å². The molecule has 1 fully saturated rings. The van der Waals surface area contributed by atoms with E-state index in [1.807, 2.05) is 51.1 Å². The van der Waals surface area contributed by atoms with Crippen molar-refractivity contribution >= 4 is 28.2 Å². The molecule has 1 unspecified atom stereocenters. The third-order valence-corrected chi connectivity index (χ3v) is 6.49. The Morgan fingerprint density at radius 2 is 1.94 bits per heavy atom. The fourth-order valence-electron chi connectivity index (χ4n) is 4.46. The van der Waals surface area contributed by atoms with Crippen LogP contribution in [0.1, 0.15) is 58.5 Å². The van der Waals surface area contributed by atoms with Gasteiger partial charge in [0.25, 0.3) is 5.91 Å². The smallest absolute Gasteiger partial charge is 0.253 e. The van der Waals surface area contributed by atoms with E-state index in [-0.39, 0.29) is 18.0 Å². The van der Waals surface area contributed by atoms with Crippen LogP contribution in [0, 0.1) is 25.2 Å². The Hall–Kier alpha value is -3.70. The molecule has 3 aromatic rings. The third-order valence-electron chi connectivity index (χ3n) is 6.49. The number of nitrogens with one attached hydrogen (secondary N) is 3. The van der Waals surface area contributed by atoms with Crippen LogP contribution in [0.25, 0.3) is 10.8 Å². The van der Waals surface area contributed by atoms with Crippen molar-refractivity contribution in [3.8, 4) is 6.07 Å². The first-order valence-electron chi connectivity index (χ1n) is 11.6. The third kappa shape index (κ3) is 4.66. The number of carbonyl (C=O) groups is 1. The number of carbonyl (C=O) groups excluding carboxylic acids is 1. The molecule has 3 N–H and O–H groups in total. The van der Waals surface area contributed by atoms with Crippen LogP contribution in [-0.4, -0.2) is 42.4 Å². The molecule has 176 valence electrons. The number of aryl methyl sites for hydroxylation is 1. The maximum atomic E-state index is 13.1. The lowest BCUT2D eigenvalue weighted by atomic mass is 9.98. The van der Waals surface area contributed by atoms with Crippen LogP contribution in [0.5, 0.6) is 0 Å². The molecule has 2 heterocycles. The van der Waals surface area contributed by atoms with Gasteiger partial charge >= 0.3 is 0 Å². The maximum Gasteiger partial charge on any atom is 0.253 e. The zero-order valence-electron chi connectivity index (χ0n) is 20.0. The van der Waals surface area contributed by atoms with Gasteiger partial charge in [-0.2, -0.15) is 10.4 Å². The van der Waals surface area contributed by atoms with Crippen LogP contribution in [-0.2, 0) is 4.74 Å². The molecular formula is C26H30N6O2. The average Bonchev–Trinajstić information content (AvgIpc) is 2.85. The lowest BCUT2D eigenvalue weighted by Crippen LogP contribution is -2.39. The van der Waals surface area contributed by atoms with Crippen LogP contribution in [0.2, 0.25) is 0 Å². The number of hydrogen-bond donors (Lipinski definition) is 3. The number of anilines is 2. The highest BCUT2D eigenvalue weighted by Crippen LogP contribution is 2.32. The predicted octanol–water partition coefficient (Wildman–Crippen LogP) is 4.24. The van der Waals surface area contributed by atoms with Gasteiger partial charge in [-0.05, 0) is 62.9 Å². The number of nitriles is 1. The van der Waals surface area contributed by atoms with Crippen molar-refractivity contribution in [2.75, 3.05) is 30.9 Å². The minimum Gasteiger partial charge on any atom is -0.387 e. The van der Waals surface area contributed by atoms with E-state index in [0.29, 0.717) is 30.2 Å². The second kappa shape index (κ2) is 10.1. The number of nitrogens with zero attached hydrogens (tertiary/aromatic N) is 3. The van der Waals surface area contributed by atoms with E-state index in [2.05, 4.69) is 32.2 Å². The molecule has 8 nitrogen and oxygen atoms in total. The van der Waals surface area contributed by atoms with Gasteiger partial charge in [0.15, 0.2) is 5.82 Å². The summed E-state index contributed by atoms with van der Waals surface area (Å²) in [4.78, 5) is 13.1. The van der Waals surface area contributed by atoms with Crippen molar-refractivity contribution in [2.45, 2.75) is 45.7 Å². The molecule has 0 bridgehead atoms. The van der Waals surface area contributed by atoms with Gasteiger partial charge in [0, 0.05) is 42.8 Å². The van der Waals surface area contributed by atoms with E-state index in [1.165, 1.54) is 0 Å². The van der Waals surface area contributed by atoms with Gasteiger partial charge in [-0.15, -0.1) is 5.10 Å². The molecule has 8 heteroatoms. The number of hydrogen-bond acceptors (Lipinski definition) is 7. The Kier molecular flexibility index (Phi) is 6.94. The first-order chi connectivity index (χ1) is 16.4. The van der Waals surface area contributed by atoms with Gasteiger partial charge in [-0.1, -0.05) is 12.1 Å². The molecule has 1 aliphatic heterocycles. The Balaban J connectivity index is 1.69. The summed E-state index contributed by atoms with van der Waals surface area (Å²) in [6.45, 7) is 7.21. The number of ether oxygens (including phenoxy) is 1. The van der Waals surface area contributed by atoms with Crippen molar-refractivity contribution in [3.63, 3.8) is 0 Å². The lowest BCUT2D eigenvalue weighted by molar-refractivity contribution is 0.0697. The van der Waals surface area contributed by atoms with E-state index in [0.717, 1.165) is 46.1 Å². The lowest BCUT2D eigenvalue weighted by Gasteiger charge is -2.24. The normalized spacial score (nSPS) is 14.9. The van der Waals surface area contributed by atoms with Crippen LogP contribution >= 0.6 is 0 Å². The Morgan fingerprint density at radius 1 is 1.18 bits per heavy atom. The summed E-state index contributed by atoms with van der Waals surface area (Å²) < 4.78 is 5.40. The van der Waals surface area contributed by atoms with Crippen molar-refractivity contribution in [2.24, 2.45) is 0 Å². The standard InChI is InChI=1S/C26H30N6O2/c1-15-18(14-27)6-5-7-20(15)16(2)29-25-22-13-24(28-4)23(12-21(22)17(3)31-32-25)26(33)30-19-8-10-34-11-9-19/h5-7,12-13,16,19,28H,8-11H2,1-4H3,(H,29,32)(H,30,33). The molecule has 4 rings (SSSR count). The SMILES string of the molecule is CNc1cc2c(NC(C)c3cccc(C#N)c3C)nnc(C)c2cc1C(=O)NC1CCOCC1. The zero-order valence-corrected chi connectivity index (χ0v) is 20.0. The van der Waals surface area contributed by atoms with E-state index in [9.17, 15) is 10.1 Å². The first kappa shape index (κ1) is 23.5. The average molecular weight is 459 g/mol. The second-order valence-corrected chi connectivity index (χ2v) is 8.69. The topological polar surface area (TPSA) is 112 Å². The molecule has 2 aromatic carbocycles. The monoisotopic (exact) mass is 458 g/mol. The van der Waals surface area contributed by atoms with E-state index in [1.54, 1.807) is 7.05 Å². The van der Waals surface area contributed by atoms with Crippen molar-refractivity contribution < 1.29 is 9.53 Å². The molecule has 1 amide bonds. The number of aromatic nitrogens is 2. The second-order valence-electron chi connectivity index (χ2n) is 8.69. The predicted molar refractivity (Wildman–Crippen MR) is 133 cm³/mol. The largest absolute Gasteiger partial charge is 0.387 e. The molecule has 1 atom stereocenters. The van der Waals surface area contributed by atoms with Crippen LogP contribution in [0.15, 0.2) is 30.3 Å². The number of amides is 1. The summed E-state index contributed by atoms with van der Waals surface area (Å²) in [6, 6.07) is 11.8. The highest BCUT2D eigenvalue weighted by Gasteiger charge is 2.21. The maximum absolute atomic E-state index is 13.1. The number of rotatable bonds is 6. The van der Waals surface area contributed by atoms with Gasteiger partial charge in [0.2, 0.25) is 0 Å². The Morgan fingerprint density at radius 3 is 2.65 bits per heavy atom. The quantitative estimate of drug-likeness (QED) is 0.506. The summed E-state index contributed by atoms with van der Waals surface area (Å²) in [5, 5.41) is 29.7. The summed E-state index contributed by atoms with van der Waals surface area (Å²) in [6.07, 6.45) is 1.63.